The molecule has 0 aliphatic rings. The summed E-state index contributed by atoms with van der Waals surface area (Å²) in [5.41, 5.74) is 1.45. The number of hydrogen-bond donors (Lipinski definition) is 1. The highest BCUT2D eigenvalue weighted by atomic mass is 35.5. The molecule has 0 spiro atoms. The van der Waals surface area contributed by atoms with Gasteiger partial charge in [-0.05, 0) is 24.1 Å². The number of phenols is 1. The summed E-state index contributed by atoms with van der Waals surface area (Å²) >= 11 is 11.6. The Morgan fingerprint density at radius 3 is 2.47 bits per heavy atom. The highest BCUT2D eigenvalue weighted by Crippen LogP contribution is 2.33. The van der Waals surface area contributed by atoms with Gasteiger partial charge in [-0.15, -0.1) is 0 Å². The van der Waals surface area contributed by atoms with E-state index >= 15 is 0 Å². The van der Waals surface area contributed by atoms with Crippen LogP contribution in [-0.2, 0) is 0 Å². The molecule has 1 N–H and O–H groups in total. The highest BCUT2D eigenvalue weighted by Gasteiger charge is 2.04. The SMILES string of the molecule is [C-]#[N+]C(=CC=Cc1cc(Cl)c(O)c(Cl)c1)CC. The number of benzene rings is 1. The largest absolute Gasteiger partial charge is 0.505 e. The van der Waals surface area contributed by atoms with Gasteiger partial charge in [0.2, 0.25) is 0 Å². The molecule has 0 aliphatic heterocycles. The zero-order chi connectivity index (χ0) is 12.8. The lowest BCUT2D eigenvalue weighted by molar-refractivity contribution is 0.476. The van der Waals surface area contributed by atoms with Crippen LogP contribution >= 0.6 is 23.2 Å². The second-order valence-corrected chi connectivity index (χ2v) is 4.13. The molecule has 0 saturated heterocycles. The van der Waals surface area contributed by atoms with Gasteiger partial charge >= 0.3 is 0 Å². The minimum absolute atomic E-state index is 0.114. The van der Waals surface area contributed by atoms with Gasteiger partial charge in [-0.25, -0.2) is 4.85 Å². The molecule has 1 aromatic carbocycles. The summed E-state index contributed by atoms with van der Waals surface area (Å²) < 4.78 is 0. The van der Waals surface area contributed by atoms with Crippen molar-refractivity contribution in [2.75, 3.05) is 0 Å². The zero-order valence-corrected chi connectivity index (χ0v) is 10.8. The maximum atomic E-state index is 9.38. The van der Waals surface area contributed by atoms with Crippen LogP contribution in [0.4, 0.5) is 0 Å². The van der Waals surface area contributed by atoms with Crippen LogP contribution in [0.25, 0.3) is 10.9 Å². The number of phenolic OH excluding ortho intramolecular Hbond substituents is 1. The van der Waals surface area contributed by atoms with E-state index in [-0.39, 0.29) is 15.8 Å². The average Bonchev–Trinajstić information content (AvgIpc) is 2.31. The molecular weight excluding hydrogens is 257 g/mol. The number of hydrogen-bond acceptors (Lipinski definition) is 1. The van der Waals surface area contributed by atoms with Gasteiger partial charge in [-0.3, -0.25) is 0 Å². The summed E-state index contributed by atoms with van der Waals surface area (Å²) in [4.78, 5) is 3.35. The minimum Gasteiger partial charge on any atom is -0.505 e. The molecule has 0 aliphatic carbocycles. The molecule has 1 rings (SSSR count). The van der Waals surface area contributed by atoms with Crippen molar-refractivity contribution in [1.29, 1.82) is 0 Å². The topological polar surface area (TPSA) is 24.6 Å². The molecule has 17 heavy (non-hydrogen) atoms. The summed E-state index contributed by atoms with van der Waals surface area (Å²) in [7, 11) is 0. The summed E-state index contributed by atoms with van der Waals surface area (Å²) in [5, 5.41) is 9.80. The van der Waals surface area contributed by atoms with Crippen LogP contribution in [-0.4, -0.2) is 5.11 Å². The van der Waals surface area contributed by atoms with Crippen molar-refractivity contribution < 1.29 is 5.11 Å². The van der Waals surface area contributed by atoms with Gasteiger partial charge in [0.05, 0.1) is 16.6 Å². The van der Waals surface area contributed by atoms with E-state index in [1.54, 1.807) is 30.4 Å². The molecule has 4 heteroatoms. The third kappa shape index (κ3) is 3.81. The lowest BCUT2D eigenvalue weighted by atomic mass is 10.2. The van der Waals surface area contributed by atoms with Gasteiger partial charge in [-0.1, -0.05) is 48.4 Å². The van der Waals surface area contributed by atoms with E-state index < -0.39 is 0 Å². The summed E-state index contributed by atoms with van der Waals surface area (Å²) in [6.45, 7) is 8.81. The molecular formula is C13H11Cl2NO. The van der Waals surface area contributed by atoms with Crippen molar-refractivity contribution in [3.8, 4) is 5.75 Å². The predicted molar refractivity (Wildman–Crippen MR) is 72.1 cm³/mol. The number of halogens is 2. The van der Waals surface area contributed by atoms with E-state index in [0.29, 0.717) is 12.1 Å². The van der Waals surface area contributed by atoms with Crippen LogP contribution in [0.15, 0.2) is 30.0 Å². The Hall–Kier alpha value is -1.43. The molecule has 0 saturated carbocycles. The van der Waals surface area contributed by atoms with Crippen molar-refractivity contribution >= 4 is 29.3 Å². The smallest absolute Gasteiger partial charge is 0.165 e. The monoisotopic (exact) mass is 267 g/mol. The first-order valence-electron chi connectivity index (χ1n) is 5.01. The Morgan fingerprint density at radius 1 is 1.41 bits per heavy atom. The molecule has 0 amide bonds. The van der Waals surface area contributed by atoms with E-state index in [0.717, 1.165) is 5.56 Å². The molecule has 0 atom stereocenters. The van der Waals surface area contributed by atoms with Crippen LogP contribution < -0.4 is 0 Å². The standard InChI is InChI=1S/C13H11Cl2NO/c1-3-10(16-2)6-4-5-9-7-11(14)13(17)12(15)8-9/h4-8,17H,3H2,1H3. The molecule has 0 unspecified atom stereocenters. The van der Waals surface area contributed by atoms with Crippen LogP contribution in [0.1, 0.15) is 18.9 Å². The van der Waals surface area contributed by atoms with Gasteiger partial charge in [0.1, 0.15) is 0 Å². The Balaban J connectivity index is 2.94. The van der Waals surface area contributed by atoms with E-state index in [2.05, 4.69) is 4.85 Å². The van der Waals surface area contributed by atoms with Crippen molar-refractivity contribution in [1.82, 2.24) is 0 Å². The maximum absolute atomic E-state index is 9.38. The summed E-state index contributed by atoms with van der Waals surface area (Å²) in [6.07, 6.45) is 5.97. The Kier molecular flexibility index (Phi) is 5.09. The number of aromatic hydroxyl groups is 1. The average molecular weight is 268 g/mol. The second kappa shape index (κ2) is 6.34. The van der Waals surface area contributed by atoms with Gasteiger partial charge in [0, 0.05) is 0 Å². The van der Waals surface area contributed by atoms with Crippen molar-refractivity contribution in [3.05, 3.63) is 57.0 Å². The number of allylic oxidation sites excluding steroid dienone is 3. The predicted octanol–water partition coefficient (Wildman–Crippen LogP) is 4.93. The molecule has 88 valence electrons. The minimum atomic E-state index is -0.114. The number of rotatable bonds is 3. The van der Waals surface area contributed by atoms with Gasteiger partial charge in [0.15, 0.2) is 11.4 Å². The van der Waals surface area contributed by atoms with Gasteiger partial charge in [-0.2, -0.15) is 0 Å². The maximum Gasteiger partial charge on any atom is 0.165 e. The van der Waals surface area contributed by atoms with Crippen molar-refractivity contribution in [2.45, 2.75) is 13.3 Å². The molecule has 1 aromatic rings. The lowest BCUT2D eigenvalue weighted by Gasteiger charge is -2.01. The van der Waals surface area contributed by atoms with Crippen molar-refractivity contribution in [2.24, 2.45) is 0 Å². The Morgan fingerprint density at radius 2 is 2.00 bits per heavy atom. The van der Waals surface area contributed by atoms with Crippen molar-refractivity contribution in [3.63, 3.8) is 0 Å². The quantitative estimate of drug-likeness (QED) is 0.610. The lowest BCUT2D eigenvalue weighted by Crippen LogP contribution is -1.76. The third-order valence-electron chi connectivity index (χ3n) is 2.12. The molecule has 2 nitrogen and oxygen atoms in total. The first-order chi connectivity index (χ1) is 8.08. The van der Waals surface area contributed by atoms with E-state index in [4.69, 9.17) is 29.8 Å². The molecule has 0 fully saturated rings. The van der Waals surface area contributed by atoms with Crippen LogP contribution in [0.3, 0.4) is 0 Å². The third-order valence-corrected chi connectivity index (χ3v) is 2.70. The normalized spacial score (nSPS) is 11.8. The van der Waals surface area contributed by atoms with Crippen LogP contribution in [0, 0.1) is 6.57 Å². The zero-order valence-electron chi connectivity index (χ0n) is 9.24. The van der Waals surface area contributed by atoms with E-state index in [9.17, 15) is 5.11 Å². The van der Waals surface area contributed by atoms with Crippen LogP contribution in [0.2, 0.25) is 10.0 Å². The Bertz CT molecular complexity index is 490. The fourth-order valence-electron chi connectivity index (χ4n) is 1.19. The van der Waals surface area contributed by atoms with Gasteiger partial charge in [0.25, 0.3) is 0 Å². The first-order valence-corrected chi connectivity index (χ1v) is 5.76. The fourth-order valence-corrected chi connectivity index (χ4v) is 1.69. The second-order valence-electron chi connectivity index (χ2n) is 3.32. The molecule has 0 heterocycles. The summed E-state index contributed by atoms with van der Waals surface area (Å²) in [5.74, 6) is -0.114. The molecule has 0 bridgehead atoms. The van der Waals surface area contributed by atoms with Gasteiger partial charge < -0.3 is 5.11 Å². The molecule has 0 aromatic heterocycles. The van der Waals surface area contributed by atoms with Crippen LogP contribution in [0.5, 0.6) is 5.75 Å². The fraction of sp³-hybridized carbons (Fsp3) is 0.154. The first kappa shape index (κ1) is 13.6. The molecule has 0 radical (unpaired) electrons. The van der Waals surface area contributed by atoms with E-state index in [1.807, 2.05) is 6.92 Å². The summed E-state index contributed by atoms with van der Waals surface area (Å²) in [6, 6.07) is 3.22. The number of nitrogens with zero attached hydrogens (tertiary/aromatic N) is 1. The Labute approximate surface area is 111 Å². The van der Waals surface area contributed by atoms with E-state index in [1.165, 1.54) is 0 Å². The highest BCUT2D eigenvalue weighted by molar-refractivity contribution is 6.37.